The van der Waals surface area contributed by atoms with Crippen molar-refractivity contribution in [2.24, 2.45) is 5.92 Å². The molecular formula is C15H31N2Rb. The summed E-state index contributed by atoms with van der Waals surface area (Å²) in [6, 6.07) is 0.707. The number of nitrogens with zero attached hydrogens (tertiary/aromatic N) is 2. The van der Waals surface area contributed by atoms with E-state index in [0.717, 1.165) is 19.0 Å². The molecule has 0 radical (unpaired) electrons. The second-order valence-electron chi connectivity index (χ2n) is 5.09. The van der Waals surface area contributed by atoms with Crippen molar-refractivity contribution in [3.05, 3.63) is 17.5 Å². The van der Waals surface area contributed by atoms with E-state index in [-0.39, 0.29) is 58.2 Å². The van der Waals surface area contributed by atoms with Crippen molar-refractivity contribution in [3.8, 4) is 0 Å². The predicted octanol–water partition coefficient (Wildman–Crippen LogP) is 1.09. The first kappa shape index (κ1) is 21.8. The second kappa shape index (κ2) is 13.4. The molecule has 1 heterocycles. The Morgan fingerprint density at radius 3 is 2.17 bits per heavy atom. The Hall–Kier alpha value is 1.47. The van der Waals surface area contributed by atoms with Crippen LogP contribution >= 0.6 is 0 Å². The van der Waals surface area contributed by atoms with E-state index in [1.165, 1.54) is 31.5 Å². The van der Waals surface area contributed by atoms with Crippen LogP contribution in [0.5, 0.6) is 0 Å². The third kappa shape index (κ3) is 10.3. The van der Waals surface area contributed by atoms with E-state index in [1.807, 2.05) is 20.8 Å². The summed E-state index contributed by atoms with van der Waals surface area (Å²) in [7, 11) is 0. The SMILES string of the molecule is C=C(C)C[N-]CC1CCN(C(C)C)CC1.CC.[Rb+]. The summed E-state index contributed by atoms with van der Waals surface area (Å²) < 4.78 is 0. The summed E-state index contributed by atoms with van der Waals surface area (Å²) in [5.74, 6) is 0.819. The maximum Gasteiger partial charge on any atom is 1.00 e. The van der Waals surface area contributed by atoms with E-state index in [9.17, 15) is 0 Å². The fraction of sp³-hybridized carbons (Fsp3) is 0.867. The van der Waals surface area contributed by atoms with Crippen molar-refractivity contribution in [2.45, 2.75) is 53.5 Å². The maximum absolute atomic E-state index is 4.55. The maximum atomic E-state index is 4.55. The van der Waals surface area contributed by atoms with Crippen molar-refractivity contribution >= 4 is 0 Å². The van der Waals surface area contributed by atoms with E-state index in [0.29, 0.717) is 6.04 Å². The molecule has 0 saturated carbocycles. The Balaban J connectivity index is 0. The van der Waals surface area contributed by atoms with Gasteiger partial charge in [0.05, 0.1) is 0 Å². The normalized spacial score (nSPS) is 16.8. The van der Waals surface area contributed by atoms with Crippen molar-refractivity contribution in [3.63, 3.8) is 0 Å². The molecule has 0 unspecified atom stereocenters. The molecule has 18 heavy (non-hydrogen) atoms. The summed E-state index contributed by atoms with van der Waals surface area (Å²) in [5.41, 5.74) is 1.18. The average molecular weight is 325 g/mol. The van der Waals surface area contributed by atoms with Crippen LogP contribution in [0, 0.1) is 5.92 Å². The van der Waals surface area contributed by atoms with Crippen molar-refractivity contribution in [2.75, 3.05) is 26.2 Å². The van der Waals surface area contributed by atoms with Crippen LogP contribution < -0.4 is 58.2 Å². The molecule has 0 aromatic heterocycles. The van der Waals surface area contributed by atoms with Gasteiger partial charge in [-0.3, -0.25) is 0 Å². The summed E-state index contributed by atoms with van der Waals surface area (Å²) in [6.45, 7) is 18.9. The summed E-state index contributed by atoms with van der Waals surface area (Å²) in [6.07, 6.45) is 2.63. The topological polar surface area (TPSA) is 17.3 Å². The van der Waals surface area contributed by atoms with E-state index in [1.54, 1.807) is 0 Å². The summed E-state index contributed by atoms with van der Waals surface area (Å²) in [5, 5.41) is 4.55. The van der Waals surface area contributed by atoms with Gasteiger partial charge in [-0.1, -0.05) is 19.8 Å². The fourth-order valence-electron chi connectivity index (χ4n) is 2.09. The molecule has 0 amide bonds. The Morgan fingerprint density at radius 1 is 1.28 bits per heavy atom. The van der Waals surface area contributed by atoms with Crippen molar-refractivity contribution in [1.29, 1.82) is 0 Å². The molecule has 0 aromatic rings. The Labute approximate surface area is 164 Å². The fourth-order valence-corrected chi connectivity index (χ4v) is 2.09. The minimum atomic E-state index is 0. The average Bonchev–Trinajstić information content (AvgIpc) is 2.32. The van der Waals surface area contributed by atoms with Crippen molar-refractivity contribution < 1.29 is 58.2 Å². The Bertz CT molecular complexity index is 197. The zero-order valence-electron chi connectivity index (χ0n) is 13.5. The minimum absolute atomic E-state index is 0. The van der Waals surface area contributed by atoms with E-state index in [2.05, 4.69) is 30.6 Å². The number of piperidine rings is 1. The van der Waals surface area contributed by atoms with E-state index in [4.69, 9.17) is 0 Å². The molecule has 102 valence electrons. The van der Waals surface area contributed by atoms with Gasteiger partial charge in [0.1, 0.15) is 0 Å². The Morgan fingerprint density at radius 2 is 1.78 bits per heavy atom. The van der Waals surface area contributed by atoms with Crippen LogP contribution in [0.3, 0.4) is 0 Å². The van der Waals surface area contributed by atoms with Crippen LogP contribution in [-0.4, -0.2) is 37.1 Å². The van der Waals surface area contributed by atoms with E-state index >= 15 is 0 Å². The molecule has 1 aliphatic rings. The zero-order chi connectivity index (χ0) is 13.3. The first-order chi connectivity index (χ1) is 8.09. The predicted molar refractivity (Wildman–Crippen MR) is 78.7 cm³/mol. The van der Waals surface area contributed by atoms with Crippen LogP contribution in [0.1, 0.15) is 47.5 Å². The molecule has 0 N–H and O–H groups in total. The number of rotatable bonds is 5. The molecule has 3 heteroatoms. The second-order valence-corrected chi connectivity index (χ2v) is 5.09. The zero-order valence-corrected chi connectivity index (χ0v) is 18.4. The van der Waals surface area contributed by atoms with Crippen molar-refractivity contribution in [1.82, 2.24) is 4.90 Å². The number of hydrogen-bond donors (Lipinski definition) is 0. The van der Waals surface area contributed by atoms with Gasteiger partial charge in [-0.05, 0) is 46.7 Å². The molecule has 1 saturated heterocycles. The molecule has 2 nitrogen and oxygen atoms in total. The smallest absolute Gasteiger partial charge is 0.659 e. The summed E-state index contributed by atoms with van der Waals surface area (Å²) in [4.78, 5) is 2.56. The molecule has 0 spiro atoms. The molecule has 1 aliphatic heterocycles. The van der Waals surface area contributed by atoms with Gasteiger partial charge in [0, 0.05) is 6.04 Å². The molecular weight excluding hydrogens is 294 g/mol. The number of hydrogen-bond acceptors (Lipinski definition) is 1. The van der Waals surface area contributed by atoms with Crippen LogP contribution in [0.4, 0.5) is 0 Å². The van der Waals surface area contributed by atoms with Gasteiger partial charge >= 0.3 is 58.2 Å². The largest absolute Gasteiger partial charge is 1.00 e. The van der Waals surface area contributed by atoms with Gasteiger partial charge in [0.15, 0.2) is 0 Å². The quantitative estimate of drug-likeness (QED) is 0.692. The molecule has 1 fully saturated rings. The first-order valence-corrected chi connectivity index (χ1v) is 7.11. The minimum Gasteiger partial charge on any atom is -0.659 e. The molecule has 0 atom stereocenters. The summed E-state index contributed by atoms with van der Waals surface area (Å²) >= 11 is 0. The molecule has 0 aromatic carbocycles. The van der Waals surface area contributed by atoms with Crippen LogP contribution in [0.2, 0.25) is 0 Å². The van der Waals surface area contributed by atoms with Crippen LogP contribution in [-0.2, 0) is 0 Å². The number of likely N-dealkylation sites (tertiary alicyclic amines) is 1. The van der Waals surface area contributed by atoms with Gasteiger partial charge in [0.2, 0.25) is 0 Å². The van der Waals surface area contributed by atoms with Gasteiger partial charge in [0.25, 0.3) is 0 Å². The van der Waals surface area contributed by atoms with Crippen LogP contribution in [0.15, 0.2) is 12.2 Å². The van der Waals surface area contributed by atoms with Crippen LogP contribution in [0.25, 0.3) is 5.32 Å². The molecule has 1 rings (SSSR count). The van der Waals surface area contributed by atoms with Gasteiger partial charge in [-0.2, -0.15) is 0 Å². The molecule has 0 bridgehead atoms. The van der Waals surface area contributed by atoms with Gasteiger partial charge in [-0.15, -0.1) is 25.2 Å². The standard InChI is InChI=1S/C13H25N2.C2H6.Rb/c1-11(2)9-14-10-13-5-7-15(8-6-13)12(3)4;1-2;/h12-13H,1,5-10H2,2-4H3;1-2H3;/q-1;;+1. The molecule has 0 aliphatic carbocycles. The Kier molecular flexibility index (Phi) is 16.3. The van der Waals surface area contributed by atoms with Gasteiger partial charge in [-0.25, -0.2) is 0 Å². The van der Waals surface area contributed by atoms with E-state index < -0.39 is 0 Å². The third-order valence-electron chi connectivity index (χ3n) is 3.15. The first-order valence-electron chi connectivity index (χ1n) is 7.11. The van der Waals surface area contributed by atoms with Gasteiger partial charge < -0.3 is 10.2 Å². The third-order valence-corrected chi connectivity index (χ3v) is 3.15. The monoisotopic (exact) mass is 324 g/mol.